The van der Waals surface area contributed by atoms with Gasteiger partial charge in [0, 0.05) is 19.6 Å². The van der Waals surface area contributed by atoms with Gasteiger partial charge in [0.25, 0.3) is 0 Å². The maximum absolute atomic E-state index is 12.0. The number of hydrogen-bond acceptors (Lipinski definition) is 4. The predicted octanol–water partition coefficient (Wildman–Crippen LogP) is -0.260. The number of nitrogens with one attached hydrogen (secondary N) is 2. The normalized spacial score (nSPS) is 17.1. The number of rotatable bonds is 7. The minimum absolute atomic E-state index is 0.0321. The van der Waals surface area contributed by atoms with E-state index in [1.165, 1.54) is 0 Å². The molecular formula is C13H25N3O3. The van der Waals surface area contributed by atoms with Gasteiger partial charge >= 0.3 is 0 Å². The maximum Gasteiger partial charge on any atom is 0.239 e. The molecule has 2 amide bonds. The van der Waals surface area contributed by atoms with E-state index < -0.39 is 0 Å². The first-order chi connectivity index (χ1) is 9.15. The molecule has 6 nitrogen and oxygen atoms in total. The number of ether oxygens (including phenoxy) is 1. The minimum atomic E-state index is -0.338. The van der Waals surface area contributed by atoms with Gasteiger partial charge in [0.1, 0.15) is 0 Å². The fraction of sp³-hybridized carbons (Fsp3) is 0.846. The van der Waals surface area contributed by atoms with Crippen molar-refractivity contribution in [2.75, 3.05) is 39.4 Å². The van der Waals surface area contributed by atoms with Gasteiger partial charge in [-0.25, -0.2) is 0 Å². The highest BCUT2D eigenvalue weighted by Crippen LogP contribution is 2.00. The molecule has 1 heterocycles. The van der Waals surface area contributed by atoms with Crippen molar-refractivity contribution in [3.63, 3.8) is 0 Å². The molecule has 0 saturated carbocycles. The fourth-order valence-electron chi connectivity index (χ4n) is 1.86. The highest BCUT2D eigenvalue weighted by Gasteiger charge is 2.22. The molecule has 1 aliphatic heterocycles. The molecule has 110 valence electrons. The van der Waals surface area contributed by atoms with E-state index in [1.807, 2.05) is 0 Å². The van der Waals surface area contributed by atoms with Gasteiger partial charge < -0.3 is 15.0 Å². The van der Waals surface area contributed by atoms with Crippen LogP contribution in [0.2, 0.25) is 0 Å². The van der Waals surface area contributed by atoms with Gasteiger partial charge in [-0.05, 0) is 13.3 Å². The van der Waals surface area contributed by atoms with Gasteiger partial charge in [0.2, 0.25) is 11.8 Å². The average Bonchev–Trinajstić information content (AvgIpc) is 2.45. The van der Waals surface area contributed by atoms with E-state index in [0.717, 1.165) is 12.8 Å². The number of amides is 2. The first-order valence-corrected chi connectivity index (χ1v) is 7.01. The van der Waals surface area contributed by atoms with E-state index in [0.29, 0.717) is 32.8 Å². The van der Waals surface area contributed by atoms with Gasteiger partial charge in [-0.2, -0.15) is 0 Å². The van der Waals surface area contributed by atoms with Gasteiger partial charge in [-0.15, -0.1) is 0 Å². The number of carbonyl (C=O) groups excluding carboxylic acids is 2. The quantitative estimate of drug-likeness (QED) is 0.626. The summed E-state index contributed by atoms with van der Waals surface area (Å²) >= 11 is 0. The van der Waals surface area contributed by atoms with E-state index in [-0.39, 0.29) is 24.4 Å². The van der Waals surface area contributed by atoms with Gasteiger partial charge in [-0.3, -0.25) is 14.9 Å². The Labute approximate surface area is 114 Å². The zero-order chi connectivity index (χ0) is 14.1. The third kappa shape index (κ3) is 6.02. The van der Waals surface area contributed by atoms with E-state index in [2.05, 4.69) is 17.6 Å². The Kier molecular flexibility index (Phi) is 7.43. The van der Waals surface area contributed by atoms with Crippen LogP contribution in [0.5, 0.6) is 0 Å². The van der Waals surface area contributed by atoms with Crippen molar-refractivity contribution in [2.24, 2.45) is 0 Å². The molecule has 0 aromatic carbocycles. The van der Waals surface area contributed by atoms with Crippen molar-refractivity contribution in [3.05, 3.63) is 0 Å². The number of unbranched alkanes of at least 4 members (excludes halogenated alkanes) is 1. The van der Waals surface area contributed by atoms with Crippen LogP contribution in [-0.2, 0) is 14.3 Å². The Morgan fingerprint density at radius 1 is 1.32 bits per heavy atom. The smallest absolute Gasteiger partial charge is 0.239 e. The summed E-state index contributed by atoms with van der Waals surface area (Å²) in [4.78, 5) is 25.3. The van der Waals surface area contributed by atoms with E-state index in [1.54, 1.807) is 11.8 Å². The number of nitrogens with zero attached hydrogens (tertiary/aromatic N) is 1. The standard InChI is InChI=1S/C13H25N3O3/c1-3-4-5-14-12(17)10-15-11(2)13(18)16-6-8-19-9-7-16/h11,15H,3-10H2,1-2H3,(H,14,17). The summed E-state index contributed by atoms with van der Waals surface area (Å²) in [6.45, 7) is 7.20. The molecule has 1 atom stereocenters. The third-order valence-electron chi connectivity index (χ3n) is 3.11. The van der Waals surface area contributed by atoms with Crippen molar-refractivity contribution >= 4 is 11.8 Å². The Balaban J connectivity index is 2.20. The molecule has 0 aromatic rings. The molecule has 0 bridgehead atoms. The van der Waals surface area contributed by atoms with Crippen LogP contribution in [0.1, 0.15) is 26.7 Å². The Hall–Kier alpha value is -1.14. The zero-order valence-electron chi connectivity index (χ0n) is 11.9. The van der Waals surface area contributed by atoms with Gasteiger partial charge in [-0.1, -0.05) is 13.3 Å². The molecule has 2 N–H and O–H groups in total. The summed E-state index contributed by atoms with van der Waals surface area (Å²) in [6, 6.07) is -0.338. The van der Waals surface area contributed by atoms with Gasteiger partial charge in [0.15, 0.2) is 0 Å². The zero-order valence-corrected chi connectivity index (χ0v) is 11.9. The molecule has 0 aliphatic carbocycles. The summed E-state index contributed by atoms with van der Waals surface area (Å²) in [6.07, 6.45) is 2.04. The molecule has 19 heavy (non-hydrogen) atoms. The summed E-state index contributed by atoms with van der Waals surface area (Å²) in [7, 11) is 0. The summed E-state index contributed by atoms with van der Waals surface area (Å²) in [5, 5.41) is 5.77. The third-order valence-corrected chi connectivity index (χ3v) is 3.11. The van der Waals surface area contributed by atoms with Crippen LogP contribution in [0.15, 0.2) is 0 Å². The maximum atomic E-state index is 12.0. The van der Waals surface area contributed by atoms with E-state index in [4.69, 9.17) is 4.74 Å². The number of morpholine rings is 1. The fourth-order valence-corrected chi connectivity index (χ4v) is 1.86. The van der Waals surface area contributed by atoms with Gasteiger partial charge in [0.05, 0.1) is 25.8 Å². The molecule has 1 fully saturated rings. The minimum Gasteiger partial charge on any atom is -0.378 e. The lowest BCUT2D eigenvalue weighted by Gasteiger charge is -2.29. The topological polar surface area (TPSA) is 70.7 Å². The summed E-state index contributed by atoms with van der Waals surface area (Å²) in [5.41, 5.74) is 0. The van der Waals surface area contributed by atoms with Crippen LogP contribution in [0.3, 0.4) is 0 Å². The second kappa shape index (κ2) is 8.87. The SMILES string of the molecule is CCCCNC(=O)CNC(C)C(=O)N1CCOCC1. The molecule has 1 aliphatic rings. The van der Waals surface area contributed by atoms with Crippen LogP contribution >= 0.6 is 0 Å². The number of carbonyl (C=O) groups is 2. The monoisotopic (exact) mass is 271 g/mol. The van der Waals surface area contributed by atoms with Crippen molar-refractivity contribution < 1.29 is 14.3 Å². The molecule has 1 saturated heterocycles. The van der Waals surface area contributed by atoms with Crippen LogP contribution in [0, 0.1) is 0 Å². The molecule has 1 rings (SSSR count). The number of hydrogen-bond donors (Lipinski definition) is 2. The Morgan fingerprint density at radius 2 is 2.00 bits per heavy atom. The van der Waals surface area contributed by atoms with Crippen molar-refractivity contribution in [1.29, 1.82) is 0 Å². The Bertz CT molecular complexity index is 291. The molecular weight excluding hydrogens is 246 g/mol. The van der Waals surface area contributed by atoms with Crippen molar-refractivity contribution in [2.45, 2.75) is 32.7 Å². The van der Waals surface area contributed by atoms with Crippen LogP contribution < -0.4 is 10.6 Å². The lowest BCUT2D eigenvalue weighted by atomic mass is 10.2. The molecule has 0 aromatic heterocycles. The van der Waals surface area contributed by atoms with Crippen LogP contribution in [-0.4, -0.2) is 62.1 Å². The average molecular weight is 271 g/mol. The molecule has 0 spiro atoms. The second-order valence-corrected chi connectivity index (χ2v) is 4.74. The van der Waals surface area contributed by atoms with E-state index in [9.17, 15) is 9.59 Å². The first-order valence-electron chi connectivity index (χ1n) is 7.01. The lowest BCUT2D eigenvalue weighted by Crippen LogP contribution is -2.50. The summed E-state index contributed by atoms with van der Waals surface area (Å²) in [5.74, 6) is -0.0280. The lowest BCUT2D eigenvalue weighted by molar-refractivity contribution is -0.137. The van der Waals surface area contributed by atoms with Crippen LogP contribution in [0.25, 0.3) is 0 Å². The second-order valence-electron chi connectivity index (χ2n) is 4.74. The predicted molar refractivity (Wildman–Crippen MR) is 72.8 cm³/mol. The summed E-state index contributed by atoms with van der Waals surface area (Å²) < 4.78 is 5.20. The largest absolute Gasteiger partial charge is 0.378 e. The highest BCUT2D eigenvalue weighted by atomic mass is 16.5. The van der Waals surface area contributed by atoms with Crippen molar-refractivity contribution in [3.8, 4) is 0 Å². The molecule has 6 heteroatoms. The highest BCUT2D eigenvalue weighted by molar-refractivity contribution is 5.83. The molecule has 1 unspecified atom stereocenters. The molecule has 0 radical (unpaired) electrons. The van der Waals surface area contributed by atoms with E-state index >= 15 is 0 Å². The van der Waals surface area contributed by atoms with Crippen molar-refractivity contribution in [1.82, 2.24) is 15.5 Å². The Morgan fingerprint density at radius 3 is 2.63 bits per heavy atom. The first kappa shape index (κ1) is 15.9. The van der Waals surface area contributed by atoms with Crippen LogP contribution in [0.4, 0.5) is 0 Å².